The lowest BCUT2D eigenvalue weighted by Gasteiger charge is -2.24. The maximum absolute atomic E-state index is 13.3. The molecule has 0 N–H and O–H groups in total. The quantitative estimate of drug-likeness (QED) is 0.825. The average molecular weight is 335 g/mol. The van der Waals surface area contributed by atoms with Crippen LogP contribution in [0, 0.1) is 6.92 Å². The smallest absolute Gasteiger partial charge is 0.349 e. The molecule has 1 unspecified atom stereocenters. The Kier molecular flexibility index (Phi) is 4.92. The molecule has 0 bridgehead atoms. The third-order valence-electron chi connectivity index (χ3n) is 4.31. The Hall–Kier alpha value is -1.85. The minimum atomic E-state index is -4.39. The van der Waals surface area contributed by atoms with Crippen molar-refractivity contribution in [3.05, 3.63) is 71.3 Å². The highest BCUT2D eigenvalue weighted by Crippen LogP contribution is 2.33. The number of benzene rings is 2. The molecule has 3 rings (SSSR count). The fourth-order valence-corrected chi connectivity index (χ4v) is 3.12. The largest absolute Gasteiger partial charge is 0.428 e. The molecule has 0 aliphatic carbocycles. The third kappa shape index (κ3) is 3.97. The summed E-state index contributed by atoms with van der Waals surface area (Å²) in [6.45, 7) is 2.47. The van der Waals surface area contributed by atoms with Crippen LogP contribution < -0.4 is 0 Å². The van der Waals surface area contributed by atoms with Gasteiger partial charge in [-0.15, -0.1) is 0 Å². The van der Waals surface area contributed by atoms with Gasteiger partial charge in [-0.1, -0.05) is 54.6 Å². The molecule has 0 saturated carbocycles. The molecule has 2 aromatic rings. The second-order valence-electron chi connectivity index (χ2n) is 6.20. The second kappa shape index (κ2) is 6.95. The molecule has 128 valence electrons. The lowest BCUT2D eigenvalue weighted by Crippen LogP contribution is -2.41. The molecular weight excluding hydrogens is 315 g/mol. The lowest BCUT2D eigenvalue weighted by molar-refractivity contribution is -0.247. The van der Waals surface area contributed by atoms with E-state index < -0.39 is 18.5 Å². The summed E-state index contributed by atoms with van der Waals surface area (Å²) < 4.78 is 45.4. The van der Waals surface area contributed by atoms with Gasteiger partial charge in [0.15, 0.2) is 0 Å². The van der Waals surface area contributed by atoms with Gasteiger partial charge in [0.1, 0.15) is 0 Å². The molecule has 0 aromatic heterocycles. The lowest BCUT2D eigenvalue weighted by atomic mass is 10.0. The van der Waals surface area contributed by atoms with E-state index in [0.29, 0.717) is 6.42 Å². The van der Waals surface area contributed by atoms with Gasteiger partial charge in [-0.25, -0.2) is 0 Å². The monoisotopic (exact) mass is 335 g/mol. The van der Waals surface area contributed by atoms with Crippen LogP contribution in [-0.4, -0.2) is 30.0 Å². The Labute approximate surface area is 139 Å². The number of ether oxygens (including phenoxy) is 1. The fraction of sp³-hybridized carbons (Fsp3) is 0.368. The number of hydrogen-bond acceptors (Lipinski definition) is 2. The third-order valence-corrected chi connectivity index (χ3v) is 4.31. The summed E-state index contributed by atoms with van der Waals surface area (Å²) in [5.41, 5.74) is 2.96. The van der Waals surface area contributed by atoms with Crippen LogP contribution in [0.5, 0.6) is 0 Å². The van der Waals surface area contributed by atoms with Crippen LogP contribution in [-0.2, 0) is 17.7 Å². The predicted molar refractivity (Wildman–Crippen MR) is 86.5 cm³/mol. The minimum absolute atomic E-state index is 0.231. The van der Waals surface area contributed by atoms with E-state index in [0.717, 1.165) is 16.7 Å². The molecule has 0 amide bonds. The summed E-state index contributed by atoms with van der Waals surface area (Å²) in [6, 6.07) is 16.9. The molecule has 1 fully saturated rings. The maximum Gasteiger partial charge on any atom is 0.428 e. The highest BCUT2D eigenvalue weighted by atomic mass is 19.4. The zero-order valence-corrected chi connectivity index (χ0v) is 13.5. The van der Waals surface area contributed by atoms with Gasteiger partial charge in [0.25, 0.3) is 0 Å². The van der Waals surface area contributed by atoms with Crippen LogP contribution in [0.25, 0.3) is 0 Å². The van der Waals surface area contributed by atoms with Crippen molar-refractivity contribution in [2.45, 2.75) is 38.4 Å². The van der Waals surface area contributed by atoms with Gasteiger partial charge >= 0.3 is 6.18 Å². The number of rotatable bonds is 4. The van der Waals surface area contributed by atoms with Crippen LogP contribution in [0.15, 0.2) is 54.6 Å². The first kappa shape index (κ1) is 17.0. The summed E-state index contributed by atoms with van der Waals surface area (Å²) in [5.74, 6) is 0. The van der Waals surface area contributed by atoms with Crippen LogP contribution in [0.4, 0.5) is 13.2 Å². The van der Waals surface area contributed by atoms with E-state index in [1.165, 1.54) is 4.90 Å². The Bertz CT molecular complexity index is 672. The molecule has 5 heteroatoms. The van der Waals surface area contributed by atoms with Crippen molar-refractivity contribution in [2.24, 2.45) is 0 Å². The number of hydrogen-bond donors (Lipinski definition) is 0. The molecule has 24 heavy (non-hydrogen) atoms. The van der Waals surface area contributed by atoms with E-state index in [4.69, 9.17) is 4.74 Å². The molecule has 2 aromatic carbocycles. The van der Waals surface area contributed by atoms with Crippen molar-refractivity contribution < 1.29 is 17.9 Å². The first-order chi connectivity index (χ1) is 11.4. The molecule has 1 heterocycles. The normalized spacial score (nSPS) is 22.0. The van der Waals surface area contributed by atoms with Gasteiger partial charge in [0.05, 0.1) is 6.10 Å². The Morgan fingerprint density at radius 2 is 1.71 bits per heavy atom. The molecule has 2 atom stereocenters. The summed E-state index contributed by atoms with van der Waals surface area (Å²) in [6.07, 6.45) is -6.20. The van der Waals surface area contributed by atoms with E-state index in [1.807, 2.05) is 61.5 Å². The Morgan fingerprint density at radius 3 is 2.38 bits per heavy atom. The number of nitrogens with zero attached hydrogens (tertiary/aromatic N) is 1. The van der Waals surface area contributed by atoms with Gasteiger partial charge in [-0.2, -0.15) is 13.2 Å². The summed E-state index contributed by atoms with van der Waals surface area (Å²) >= 11 is 0. The molecule has 0 spiro atoms. The van der Waals surface area contributed by atoms with Gasteiger partial charge in [0.2, 0.25) is 6.23 Å². The number of halogens is 3. The van der Waals surface area contributed by atoms with E-state index in [9.17, 15) is 13.2 Å². The van der Waals surface area contributed by atoms with Gasteiger partial charge < -0.3 is 4.74 Å². The first-order valence-corrected chi connectivity index (χ1v) is 7.98. The Morgan fingerprint density at radius 1 is 1.04 bits per heavy atom. The van der Waals surface area contributed by atoms with Crippen LogP contribution in [0.2, 0.25) is 0 Å². The predicted octanol–water partition coefficient (Wildman–Crippen LogP) is 4.33. The standard InChI is InChI=1S/C19H20F3NO/c1-14-7-5-6-10-16(14)11-17-13-23(18(24-17)19(20,21)22)12-15-8-3-2-4-9-15/h2-10,17-18H,11-13H2,1H3/t17?,18-/m1/s1. The molecule has 2 nitrogen and oxygen atoms in total. The highest BCUT2D eigenvalue weighted by Gasteiger charge is 2.50. The highest BCUT2D eigenvalue weighted by molar-refractivity contribution is 5.26. The van der Waals surface area contributed by atoms with Crippen LogP contribution >= 0.6 is 0 Å². The van der Waals surface area contributed by atoms with E-state index >= 15 is 0 Å². The topological polar surface area (TPSA) is 12.5 Å². The SMILES string of the molecule is Cc1ccccc1CC1CN(Cc2ccccc2)[C@@H](C(F)(F)F)O1. The molecule has 1 aliphatic rings. The van der Waals surface area contributed by atoms with Gasteiger partial charge in [-0.05, 0) is 23.6 Å². The fourth-order valence-electron chi connectivity index (χ4n) is 3.12. The first-order valence-electron chi connectivity index (χ1n) is 7.98. The van der Waals surface area contributed by atoms with E-state index in [-0.39, 0.29) is 13.1 Å². The second-order valence-corrected chi connectivity index (χ2v) is 6.20. The average Bonchev–Trinajstić information content (AvgIpc) is 2.93. The van der Waals surface area contributed by atoms with Crippen molar-refractivity contribution in [1.82, 2.24) is 4.90 Å². The molecule has 1 saturated heterocycles. The summed E-state index contributed by atoms with van der Waals surface area (Å²) in [4.78, 5) is 1.37. The van der Waals surface area contributed by atoms with Crippen molar-refractivity contribution >= 4 is 0 Å². The van der Waals surface area contributed by atoms with Crippen LogP contribution in [0.3, 0.4) is 0 Å². The van der Waals surface area contributed by atoms with Gasteiger partial charge in [0, 0.05) is 19.5 Å². The van der Waals surface area contributed by atoms with Crippen molar-refractivity contribution in [3.8, 4) is 0 Å². The molecule has 1 aliphatic heterocycles. The van der Waals surface area contributed by atoms with E-state index in [2.05, 4.69) is 0 Å². The van der Waals surface area contributed by atoms with E-state index in [1.54, 1.807) is 0 Å². The minimum Gasteiger partial charge on any atom is -0.349 e. The van der Waals surface area contributed by atoms with Gasteiger partial charge in [-0.3, -0.25) is 4.90 Å². The summed E-state index contributed by atoms with van der Waals surface area (Å²) in [7, 11) is 0. The van der Waals surface area contributed by atoms with Crippen LogP contribution in [0.1, 0.15) is 16.7 Å². The maximum atomic E-state index is 13.3. The van der Waals surface area contributed by atoms with Crippen molar-refractivity contribution in [2.75, 3.05) is 6.54 Å². The zero-order chi connectivity index (χ0) is 17.2. The Balaban J connectivity index is 1.74. The van der Waals surface area contributed by atoms with Crippen molar-refractivity contribution in [3.63, 3.8) is 0 Å². The summed E-state index contributed by atoms with van der Waals surface area (Å²) in [5, 5.41) is 0. The number of aryl methyl sites for hydroxylation is 1. The van der Waals surface area contributed by atoms with Crippen molar-refractivity contribution in [1.29, 1.82) is 0 Å². The zero-order valence-electron chi connectivity index (χ0n) is 13.5. The molecular formula is C19H20F3NO. The number of alkyl halides is 3. The molecule has 0 radical (unpaired) electrons.